The number of hydrogen-bond acceptors (Lipinski definition) is 4. The van der Waals surface area contributed by atoms with Crippen LogP contribution in [0.2, 0.25) is 0 Å². The summed E-state index contributed by atoms with van der Waals surface area (Å²) in [5.41, 5.74) is 0.880. The van der Waals surface area contributed by atoms with Crippen LogP contribution in [0, 0.1) is 11.8 Å². The van der Waals surface area contributed by atoms with E-state index in [0.717, 1.165) is 24.4 Å². The molecule has 1 atom stereocenters. The molecule has 198 valence electrons. The standard InChI is InChI=1S/C28H46N2O5/c1-4-34-26(27(31)32)20-24-13-15-25(16-14-24)35-19-18-30(28(33)29-21-22(2)3)17-9-8-12-23-10-6-5-7-11-23/h13-16,22-23,26H,4-12,17-21H2,1-3H3,(H,29,33)(H,31,32). The van der Waals surface area contributed by atoms with Crippen LogP contribution in [0.25, 0.3) is 0 Å². The Kier molecular flexibility index (Phi) is 13.6. The average Bonchev–Trinajstić information content (AvgIpc) is 2.85. The number of benzene rings is 1. The summed E-state index contributed by atoms with van der Waals surface area (Å²) in [6.07, 6.45) is 9.80. The molecule has 2 amide bonds. The predicted molar refractivity (Wildman–Crippen MR) is 139 cm³/mol. The third kappa shape index (κ3) is 11.8. The van der Waals surface area contributed by atoms with Crippen LogP contribution in [0.15, 0.2) is 24.3 Å². The molecule has 35 heavy (non-hydrogen) atoms. The Bertz CT molecular complexity index is 731. The van der Waals surface area contributed by atoms with Gasteiger partial charge in [-0.25, -0.2) is 9.59 Å². The van der Waals surface area contributed by atoms with Gasteiger partial charge in [-0.3, -0.25) is 0 Å². The van der Waals surface area contributed by atoms with Gasteiger partial charge in [0.05, 0.1) is 6.54 Å². The monoisotopic (exact) mass is 490 g/mol. The molecule has 7 heteroatoms. The van der Waals surface area contributed by atoms with Crippen molar-refractivity contribution in [2.75, 3.05) is 32.8 Å². The smallest absolute Gasteiger partial charge is 0.333 e. The summed E-state index contributed by atoms with van der Waals surface area (Å²) in [6.45, 7) is 8.68. The number of amides is 2. The molecule has 0 aliphatic heterocycles. The third-order valence-corrected chi connectivity index (χ3v) is 6.58. The zero-order chi connectivity index (χ0) is 25.5. The summed E-state index contributed by atoms with van der Waals surface area (Å²) in [6, 6.07) is 7.39. The van der Waals surface area contributed by atoms with E-state index in [1.165, 1.54) is 44.9 Å². The molecule has 0 radical (unpaired) electrons. The maximum atomic E-state index is 12.7. The maximum Gasteiger partial charge on any atom is 0.333 e. The van der Waals surface area contributed by atoms with Crippen molar-refractivity contribution in [1.82, 2.24) is 10.2 Å². The second kappa shape index (κ2) is 16.4. The fourth-order valence-corrected chi connectivity index (χ4v) is 4.56. The highest BCUT2D eigenvalue weighted by atomic mass is 16.5. The number of nitrogens with one attached hydrogen (secondary N) is 1. The molecule has 1 unspecified atom stereocenters. The average molecular weight is 491 g/mol. The van der Waals surface area contributed by atoms with Crippen molar-refractivity contribution in [3.8, 4) is 5.75 Å². The van der Waals surface area contributed by atoms with Gasteiger partial charge in [-0.1, -0.05) is 70.9 Å². The summed E-state index contributed by atoms with van der Waals surface area (Å²) in [5, 5.41) is 12.3. The van der Waals surface area contributed by atoms with Crippen molar-refractivity contribution < 1.29 is 24.2 Å². The zero-order valence-electron chi connectivity index (χ0n) is 22.0. The molecule has 1 aliphatic rings. The number of carbonyl (C=O) groups excluding carboxylic acids is 1. The van der Waals surface area contributed by atoms with Gasteiger partial charge in [0.1, 0.15) is 12.4 Å². The molecule has 0 bridgehead atoms. The predicted octanol–water partition coefficient (Wildman–Crippen LogP) is 5.52. The van der Waals surface area contributed by atoms with E-state index in [4.69, 9.17) is 9.47 Å². The Balaban J connectivity index is 1.80. The third-order valence-electron chi connectivity index (χ3n) is 6.58. The van der Waals surface area contributed by atoms with Crippen LogP contribution < -0.4 is 10.1 Å². The molecule has 0 saturated heterocycles. The van der Waals surface area contributed by atoms with Gasteiger partial charge in [0.2, 0.25) is 0 Å². The molecule has 1 aromatic carbocycles. The largest absolute Gasteiger partial charge is 0.492 e. The van der Waals surface area contributed by atoms with E-state index in [2.05, 4.69) is 19.2 Å². The minimum atomic E-state index is -0.957. The first-order valence-electron chi connectivity index (χ1n) is 13.5. The highest BCUT2D eigenvalue weighted by Crippen LogP contribution is 2.27. The van der Waals surface area contributed by atoms with Crippen molar-refractivity contribution in [1.29, 1.82) is 0 Å². The van der Waals surface area contributed by atoms with E-state index in [1.54, 1.807) is 6.92 Å². The first kappa shape index (κ1) is 29.0. The number of hydrogen-bond donors (Lipinski definition) is 2. The normalized spacial score (nSPS) is 15.1. The lowest BCUT2D eigenvalue weighted by molar-refractivity contribution is -0.149. The lowest BCUT2D eigenvalue weighted by Gasteiger charge is -2.25. The van der Waals surface area contributed by atoms with Crippen molar-refractivity contribution in [2.45, 2.75) is 84.7 Å². The molecule has 0 heterocycles. The Morgan fingerprint density at radius 1 is 1.09 bits per heavy atom. The molecule has 1 aliphatic carbocycles. The Labute approximate surface area is 211 Å². The number of carboxylic acids is 1. The number of carbonyl (C=O) groups is 2. The van der Waals surface area contributed by atoms with Gasteiger partial charge < -0.3 is 24.8 Å². The number of unbranched alkanes of at least 4 members (excludes halogenated alkanes) is 1. The molecule has 2 rings (SSSR count). The van der Waals surface area contributed by atoms with Crippen LogP contribution in [0.3, 0.4) is 0 Å². The van der Waals surface area contributed by atoms with E-state index in [1.807, 2.05) is 29.2 Å². The van der Waals surface area contributed by atoms with E-state index in [-0.39, 0.29) is 6.03 Å². The van der Waals surface area contributed by atoms with Gasteiger partial charge in [0.25, 0.3) is 0 Å². The van der Waals surface area contributed by atoms with Crippen LogP contribution in [0.1, 0.15) is 77.7 Å². The van der Waals surface area contributed by atoms with E-state index >= 15 is 0 Å². The first-order valence-corrected chi connectivity index (χ1v) is 13.5. The summed E-state index contributed by atoms with van der Waals surface area (Å²) < 4.78 is 11.2. The molecule has 0 spiro atoms. The Morgan fingerprint density at radius 2 is 1.80 bits per heavy atom. The fourth-order valence-electron chi connectivity index (χ4n) is 4.56. The van der Waals surface area contributed by atoms with Gasteiger partial charge in [0, 0.05) is 26.1 Å². The zero-order valence-corrected chi connectivity index (χ0v) is 22.0. The quantitative estimate of drug-likeness (QED) is 0.298. The Hall–Kier alpha value is -2.28. The molecule has 7 nitrogen and oxygen atoms in total. The van der Waals surface area contributed by atoms with Gasteiger partial charge in [-0.15, -0.1) is 0 Å². The van der Waals surface area contributed by atoms with Gasteiger partial charge in [-0.05, 0) is 42.9 Å². The topological polar surface area (TPSA) is 88.1 Å². The number of aliphatic carboxylic acids is 1. The maximum absolute atomic E-state index is 12.7. The second-order valence-corrected chi connectivity index (χ2v) is 10.0. The minimum Gasteiger partial charge on any atom is -0.492 e. The van der Waals surface area contributed by atoms with Crippen LogP contribution in [0.5, 0.6) is 5.75 Å². The van der Waals surface area contributed by atoms with Crippen LogP contribution >= 0.6 is 0 Å². The van der Waals surface area contributed by atoms with Gasteiger partial charge in [-0.2, -0.15) is 0 Å². The molecule has 0 aromatic heterocycles. The van der Waals surface area contributed by atoms with Crippen LogP contribution in [-0.4, -0.2) is 61.0 Å². The highest BCUT2D eigenvalue weighted by Gasteiger charge is 2.18. The van der Waals surface area contributed by atoms with Crippen molar-refractivity contribution in [2.24, 2.45) is 11.8 Å². The lowest BCUT2D eigenvalue weighted by Crippen LogP contribution is -2.43. The number of urea groups is 1. The Morgan fingerprint density at radius 3 is 2.43 bits per heavy atom. The molecule has 1 aromatic rings. The van der Waals surface area contributed by atoms with E-state index in [9.17, 15) is 14.7 Å². The number of carboxylic acid groups (broad SMARTS) is 1. The summed E-state index contributed by atoms with van der Waals surface area (Å²) in [7, 11) is 0. The highest BCUT2D eigenvalue weighted by molar-refractivity contribution is 5.74. The lowest BCUT2D eigenvalue weighted by atomic mass is 9.86. The molecule has 2 N–H and O–H groups in total. The van der Waals surface area contributed by atoms with Crippen molar-refractivity contribution in [3.63, 3.8) is 0 Å². The number of ether oxygens (including phenoxy) is 2. The minimum absolute atomic E-state index is 0.0223. The number of rotatable bonds is 16. The van der Waals surface area contributed by atoms with E-state index < -0.39 is 12.1 Å². The number of nitrogens with zero attached hydrogens (tertiary/aromatic N) is 1. The molecular formula is C28H46N2O5. The first-order chi connectivity index (χ1) is 16.9. The molecule has 1 saturated carbocycles. The summed E-state index contributed by atoms with van der Waals surface area (Å²) in [4.78, 5) is 25.9. The van der Waals surface area contributed by atoms with Gasteiger partial charge in [0.15, 0.2) is 6.10 Å². The summed E-state index contributed by atoms with van der Waals surface area (Å²) in [5.74, 6) is 1.03. The van der Waals surface area contributed by atoms with E-state index in [0.29, 0.717) is 44.4 Å². The van der Waals surface area contributed by atoms with Crippen LogP contribution in [-0.2, 0) is 16.0 Å². The van der Waals surface area contributed by atoms with Gasteiger partial charge >= 0.3 is 12.0 Å². The molecular weight excluding hydrogens is 444 g/mol. The van der Waals surface area contributed by atoms with Crippen molar-refractivity contribution >= 4 is 12.0 Å². The SMILES string of the molecule is CCOC(Cc1ccc(OCCN(CCCCC2CCCCC2)C(=O)NCC(C)C)cc1)C(=O)O. The second-order valence-electron chi connectivity index (χ2n) is 10.0. The van der Waals surface area contributed by atoms with Crippen molar-refractivity contribution in [3.05, 3.63) is 29.8 Å². The van der Waals surface area contributed by atoms with Crippen LogP contribution in [0.4, 0.5) is 4.79 Å². The summed E-state index contributed by atoms with van der Waals surface area (Å²) >= 11 is 0. The fraction of sp³-hybridized carbons (Fsp3) is 0.714. The molecule has 1 fully saturated rings.